The van der Waals surface area contributed by atoms with Crippen molar-refractivity contribution >= 4 is 0 Å². The molecule has 2 aromatic rings. The van der Waals surface area contributed by atoms with E-state index < -0.39 is 0 Å². The number of rotatable bonds is 3. The molecule has 0 bridgehead atoms. The summed E-state index contributed by atoms with van der Waals surface area (Å²) in [6, 6.07) is 20.7. The van der Waals surface area contributed by atoms with Crippen LogP contribution in [0, 0.1) is 13.3 Å². The van der Waals surface area contributed by atoms with E-state index in [0.29, 0.717) is 0 Å². The summed E-state index contributed by atoms with van der Waals surface area (Å²) in [4.78, 5) is 0. The first-order valence-electron chi connectivity index (χ1n) is 5.14. The molecule has 0 amide bonds. The minimum absolute atomic E-state index is 0. The van der Waals surface area contributed by atoms with Crippen LogP contribution in [0.1, 0.15) is 17.0 Å². The Hall–Kier alpha value is -1.00. The van der Waals surface area contributed by atoms with Crippen LogP contribution in [0.15, 0.2) is 60.7 Å². The Morgan fingerprint density at radius 3 is 1.88 bits per heavy atom. The molecule has 0 aromatic heterocycles. The minimum atomic E-state index is 0. The van der Waals surface area contributed by atoms with Crippen LogP contribution in [-0.2, 0) is 21.1 Å². The Kier molecular flexibility index (Phi) is 5.35. The van der Waals surface area contributed by atoms with Gasteiger partial charge in [0, 0.05) is 0 Å². The second kappa shape index (κ2) is 6.55. The van der Waals surface area contributed by atoms with Gasteiger partial charge in [0.15, 0.2) is 0 Å². The van der Waals surface area contributed by atoms with Crippen LogP contribution in [0.2, 0.25) is 0 Å². The van der Waals surface area contributed by atoms with Gasteiger partial charge in [-0.25, -0.2) is 6.42 Å². The number of benzene rings is 2. The molecule has 0 N–H and O–H groups in total. The van der Waals surface area contributed by atoms with Gasteiger partial charge >= 0.3 is 21.1 Å². The molecule has 0 nitrogen and oxygen atoms in total. The average Bonchev–Trinajstić information content (AvgIpc) is 2.31. The van der Waals surface area contributed by atoms with Gasteiger partial charge in [-0.3, -0.25) is 0 Å². The first-order valence-corrected chi connectivity index (χ1v) is 5.14. The van der Waals surface area contributed by atoms with Crippen molar-refractivity contribution in [1.29, 1.82) is 0 Å². The van der Waals surface area contributed by atoms with Gasteiger partial charge in [-0.2, -0.15) is 23.6 Å². The van der Waals surface area contributed by atoms with Crippen LogP contribution in [0.25, 0.3) is 0 Å². The van der Waals surface area contributed by atoms with Crippen molar-refractivity contribution in [3.05, 3.63) is 85.1 Å². The van der Waals surface area contributed by atoms with E-state index >= 15 is 0 Å². The molecule has 0 unspecified atom stereocenters. The van der Waals surface area contributed by atoms with E-state index in [4.69, 9.17) is 0 Å². The van der Waals surface area contributed by atoms with Crippen LogP contribution in [0.4, 0.5) is 0 Å². The summed E-state index contributed by atoms with van der Waals surface area (Å²) in [5, 5.41) is 0. The Balaban J connectivity index is 0.00000128. The van der Waals surface area contributed by atoms with Crippen molar-refractivity contribution < 1.29 is 21.1 Å². The fraction of sp³-hybridized carbons (Fsp3) is 0.0667. The van der Waals surface area contributed by atoms with Crippen LogP contribution in [-0.4, -0.2) is 0 Å². The van der Waals surface area contributed by atoms with Crippen molar-refractivity contribution in [3.63, 3.8) is 0 Å². The molecule has 0 spiro atoms. The first kappa shape index (κ1) is 13.1. The maximum Gasteiger partial charge on any atom is 2.00 e. The summed E-state index contributed by atoms with van der Waals surface area (Å²) in [5.41, 5.74) is 2.47. The van der Waals surface area contributed by atoms with E-state index in [1.807, 2.05) is 36.4 Å². The molecule has 0 saturated heterocycles. The molecule has 0 saturated carbocycles. The van der Waals surface area contributed by atoms with E-state index in [-0.39, 0.29) is 27.0 Å². The fourth-order valence-corrected chi connectivity index (χ4v) is 1.59. The molecule has 0 fully saturated rings. The predicted octanol–water partition coefficient (Wildman–Crippen LogP) is 3.85. The predicted molar refractivity (Wildman–Crippen MR) is 64.4 cm³/mol. The van der Waals surface area contributed by atoms with Crippen molar-refractivity contribution in [1.82, 2.24) is 0 Å². The van der Waals surface area contributed by atoms with Gasteiger partial charge in [0.1, 0.15) is 0 Å². The van der Waals surface area contributed by atoms with Gasteiger partial charge in [-0.1, -0.05) is 42.0 Å². The van der Waals surface area contributed by atoms with Crippen LogP contribution >= 0.6 is 0 Å². The summed E-state index contributed by atoms with van der Waals surface area (Å²) in [7, 11) is 0. The van der Waals surface area contributed by atoms with Gasteiger partial charge in [0.25, 0.3) is 0 Å². The average molecular weight is 389 g/mol. The molecule has 1 atom stereocenters. The van der Waals surface area contributed by atoms with Crippen LogP contribution in [0.3, 0.4) is 0 Å². The Labute approximate surface area is 112 Å². The van der Waals surface area contributed by atoms with Gasteiger partial charge in [0.05, 0.1) is 0 Å². The molecule has 0 aliphatic rings. The zero-order chi connectivity index (χ0) is 10.5. The van der Waals surface area contributed by atoms with Crippen LogP contribution in [0.5, 0.6) is 0 Å². The largest absolute Gasteiger partial charge is 2.00 e. The summed E-state index contributed by atoms with van der Waals surface area (Å²) in [6.07, 6.45) is 2.18. The smallest absolute Gasteiger partial charge is 0.344 e. The monoisotopic (exact) mass is 389 g/mol. The minimum Gasteiger partial charge on any atom is -0.344 e. The van der Waals surface area contributed by atoms with E-state index in [1.165, 1.54) is 11.1 Å². The van der Waals surface area contributed by atoms with E-state index in [9.17, 15) is 0 Å². The molecule has 0 aliphatic carbocycles. The fourth-order valence-electron chi connectivity index (χ4n) is 1.59. The van der Waals surface area contributed by atoms with Crippen molar-refractivity contribution in [2.24, 2.45) is 0 Å². The summed E-state index contributed by atoms with van der Waals surface area (Å²) < 4.78 is 0. The molecule has 1 heteroatoms. The van der Waals surface area contributed by atoms with Crippen molar-refractivity contribution in [2.45, 2.75) is 5.92 Å². The molecular formula is C15H14Pt. The molecule has 0 radical (unpaired) electrons. The molecular weight excluding hydrogens is 375 g/mol. The van der Waals surface area contributed by atoms with Crippen molar-refractivity contribution in [3.8, 4) is 0 Å². The second-order valence-corrected chi connectivity index (χ2v) is 3.59. The summed E-state index contributed by atoms with van der Waals surface area (Å²) >= 11 is 0. The second-order valence-electron chi connectivity index (χ2n) is 3.59. The van der Waals surface area contributed by atoms with E-state index in [0.717, 1.165) is 0 Å². The first-order chi connectivity index (χ1) is 7.36. The number of hydrogen-bond donors (Lipinski definition) is 0. The quantitative estimate of drug-likeness (QED) is 0.700. The zero-order valence-corrected chi connectivity index (χ0v) is 11.2. The Morgan fingerprint density at radius 1 is 0.812 bits per heavy atom. The van der Waals surface area contributed by atoms with Crippen LogP contribution < -0.4 is 0 Å². The van der Waals surface area contributed by atoms with E-state index in [2.05, 4.69) is 37.6 Å². The molecule has 0 aliphatic heterocycles. The van der Waals surface area contributed by atoms with Gasteiger partial charge in [-0.05, 0) is 0 Å². The normalized spacial score (nSPS) is 11.3. The zero-order valence-electron chi connectivity index (χ0n) is 8.95. The van der Waals surface area contributed by atoms with E-state index in [1.54, 1.807) is 0 Å². The third-order valence-electron chi connectivity index (χ3n) is 2.42. The van der Waals surface area contributed by atoms with Crippen molar-refractivity contribution in [2.75, 3.05) is 0 Å². The Morgan fingerprint density at radius 2 is 1.31 bits per heavy atom. The SMILES string of the molecule is [CH2-][C@@H]([CH-]c1ccccc1)c1ccccc1.[Pt+2]. The third-order valence-corrected chi connectivity index (χ3v) is 2.42. The molecule has 2 aromatic carbocycles. The Bertz CT molecular complexity index is 394. The topological polar surface area (TPSA) is 0 Å². The summed E-state index contributed by atoms with van der Waals surface area (Å²) in [6.45, 7) is 4.15. The standard InChI is InChI=1S/C15H14.Pt/c1-13(15-10-6-3-7-11-15)12-14-8-4-2-5-9-14;/h2-13H,1H2;/q-2;+2/t13-;/m0./s1. The third kappa shape index (κ3) is 3.54. The van der Waals surface area contributed by atoms with Gasteiger partial charge in [0.2, 0.25) is 0 Å². The molecule has 0 heterocycles. The maximum absolute atomic E-state index is 4.15. The van der Waals surface area contributed by atoms with Gasteiger partial charge < -0.3 is 6.92 Å². The molecule has 16 heavy (non-hydrogen) atoms. The molecule has 2 rings (SSSR count). The molecule has 84 valence electrons. The van der Waals surface area contributed by atoms with Gasteiger partial charge in [-0.15, -0.1) is 12.1 Å². The summed E-state index contributed by atoms with van der Waals surface area (Å²) in [5.74, 6) is 0.216. The number of hydrogen-bond acceptors (Lipinski definition) is 0. The maximum atomic E-state index is 4.15.